The van der Waals surface area contributed by atoms with Crippen LogP contribution in [0.4, 0.5) is 0 Å². The van der Waals surface area contributed by atoms with Gasteiger partial charge in [0.2, 0.25) is 0 Å². The van der Waals surface area contributed by atoms with Crippen LogP contribution in [-0.2, 0) is 33.6 Å². The normalized spacial score (nSPS) is 10.6. The van der Waals surface area contributed by atoms with Crippen LogP contribution in [0.3, 0.4) is 0 Å². The van der Waals surface area contributed by atoms with E-state index in [1.54, 1.807) is 22.7 Å². The molecule has 0 radical (unpaired) electrons. The Morgan fingerprint density at radius 1 is 0.541 bits per heavy atom. The average molecular weight is 900 g/mol. The predicted molar refractivity (Wildman–Crippen MR) is 175 cm³/mol. The molecule has 0 bridgehead atoms. The smallest absolute Gasteiger partial charge is 2.00 e. The van der Waals surface area contributed by atoms with E-state index in [2.05, 4.69) is 119 Å². The molecule has 0 saturated heterocycles. The van der Waals surface area contributed by atoms with Crippen molar-refractivity contribution in [2.24, 2.45) is 14.1 Å². The van der Waals surface area contributed by atoms with Gasteiger partial charge in [-0.05, 0) is 55.4 Å². The molecule has 0 aromatic carbocycles. The van der Waals surface area contributed by atoms with Crippen molar-refractivity contribution in [1.82, 2.24) is 9.13 Å². The Morgan fingerprint density at radius 2 is 0.730 bits per heavy atom. The maximum atomic E-state index is 5.00. The standard InChI is InChI=1S/2C8H20N.2C4H5NS2Se2.Zn/c2*1-5-9(6-2,7-3)8-4;2*1-5-2(8)3(9)7-4(5)6;/h2*5-8H2,1-4H3;2*8-9H,1H3;/q2*+1;;;+2/p-4. The number of rotatable bonds is 8. The van der Waals surface area contributed by atoms with Crippen molar-refractivity contribution in [2.75, 3.05) is 52.4 Å². The molecule has 4 nitrogen and oxygen atoms in total. The molecule has 0 unspecified atom stereocenters. The van der Waals surface area contributed by atoms with E-state index in [1.165, 1.54) is 61.3 Å². The molecule has 0 aliphatic carbocycles. The first-order chi connectivity index (χ1) is 16.7. The van der Waals surface area contributed by atoms with Crippen molar-refractivity contribution in [1.29, 1.82) is 0 Å². The fraction of sp³-hybridized carbons (Fsp3) is 0.750. The van der Waals surface area contributed by atoms with Gasteiger partial charge in [-0.3, -0.25) is 0 Å². The quantitative estimate of drug-likeness (QED) is 0.230. The van der Waals surface area contributed by atoms with E-state index >= 15 is 0 Å². The number of hydrogen-bond donors (Lipinski definition) is 0. The molecule has 2 aromatic rings. The molecule has 0 atom stereocenters. The maximum Gasteiger partial charge on any atom is 2.00 e. The van der Waals surface area contributed by atoms with Crippen molar-refractivity contribution in [3.8, 4) is 0 Å². The third-order valence-corrected chi connectivity index (χ3v) is 15.7. The van der Waals surface area contributed by atoms with Crippen molar-refractivity contribution >= 4 is 128 Å². The van der Waals surface area contributed by atoms with Gasteiger partial charge < -0.3 is 8.97 Å². The van der Waals surface area contributed by atoms with Crippen LogP contribution < -0.4 is 16.7 Å². The Labute approximate surface area is 291 Å². The first-order valence-corrected chi connectivity index (χ1v) is 18.4. The van der Waals surface area contributed by atoms with Crippen molar-refractivity contribution < 1.29 is 28.4 Å². The van der Waals surface area contributed by atoms with Crippen LogP contribution in [0.5, 0.6) is 0 Å². The van der Waals surface area contributed by atoms with Crippen LogP contribution in [0.15, 0.2) is 0 Å². The van der Waals surface area contributed by atoms with E-state index in [9.17, 15) is 0 Å². The summed E-state index contributed by atoms with van der Waals surface area (Å²) in [5.41, 5.74) is 0. The molecule has 0 saturated carbocycles. The second-order valence-corrected chi connectivity index (χ2v) is 16.0. The van der Waals surface area contributed by atoms with Gasteiger partial charge in [0.15, 0.2) is 0 Å². The van der Waals surface area contributed by atoms with Crippen LogP contribution in [0, 0.1) is 7.91 Å². The zero-order valence-corrected chi connectivity index (χ0v) is 37.5. The Hall–Kier alpha value is 2.32. The molecular formula is C24H46N4S4Se4Zn. The molecule has 0 aliphatic rings. The number of quaternary nitrogens is 2. The van der Waals surface area contributed by atoms with Crippen LogP contribution in [0.2, 0.25) is 0 Å². The molecule has 0 aliphatic heterocycles. The molecule has 13 heteroatoms. The minimum atomic E-state index is 0. The Morgan fingerprint density at radius 3 is 0.757 bits per heavy atom. The predicted octanol–water partition coefficient (Wildman–Crippen LogP) is 2.57. The summed E-state index contributed by atoms with van der Waals surface area (Å²) in [4.78, 5) is 0. The van der Waals surface area contributed by atoms with Gasteiger partial charge in [0.25, 0.3) is 0 Å². The minimum Gasteiger partial charge on any atom is 2.00 e. The second kappa shape index (κ2) is 22.9. The average Bonchev–Trinajstić information content (AvgIpc) is 3.25. The molecule has 0 fully saturated rings. The summed E-state index contributed by atoms with van der Waals surface area (Å²) >= 11 is 24.9. The molecule has 0 amide bonds. The van der Waals surface area contributed by atoms with Crippen LogP contribution in [0.1, 0.15) is 55.4 Å². The van der Waals surface area contributed by atoms with E-state index in [0.29, 0.717) is 0 Å². The van der Waals surface area contributed by atoms with Gasteiger partial charge in [-0.15, -0.1) is 0 Å². The monoisotopic (exact) mass is 902 g/mol. The zero-order chi connectivity index (χ0) is 28.7. The first-order valence-electron chi connectivity index (χ1n) is 12.5. The van der Waals surface area contributed by atoms with E-state index < -0.39 is 0 Å². The molecular weight excluding hydrogens is 854 g/mol. The third-order valence-electron chi connectivity index (χ3n) is 7.23. The first kappa shape index (κ1) is 43.8. The topological polar surface area (TPSA) is 9.86 Å². The molecule has 2 heterocycles. The summed E-state index contributed by atoms with van der Waals surface area (Å²) in [5.74, 6) is 0. The van der Waals surface area contributed by atoms with Gasteiger partial charge >= 0.3 is 179 Å². The Kier molecular flexibility index (Phi) is 27.0. The molecule has 2 aromatic heterocycles. The minimum absolute atomic E-state index is 0. The number of nitrogens with zero attached hydrogens (tertiary/aromatic N) is 4. The van der Waals surface area contributed by atoms with Crippen molar-refractivity contribution in [3.05, 3.63) is 7.91 Å². The van der Waals surface area contributed by atoms with Crippen molar-refractivity contribution in [2.45, 2.75) is 55.4 Å². The van der Waals surface area contributed by atoms with E-state index in [0.717, 1.165) is 24.6 Å². The number of hydrogen-bond acceptors (Lipinski definition) is 4. The SMILES string of the molecule is CC[N+](CC)(CC)CC.CC[N+](CC)(CC)CC.Cn1c([Se-])c([Se-])sc1=S.Cn1c([Se-])c([Se-])sc1=S.[Zn+2]. The van der Waals surface area contributed by atoms with Gasteiger partial charge in [0, 0.05) is 0 Å². The van der Waals surface area contributed by atoms with Gasteiger partial charge in [0.1, 0.15) is 0 Å². The van der Waals surface area contributed by atoms with Crippen LogP contribution in [-0.4, -0.2) is 135 Å². The second-order valence-electron chi connectivity index (χ2n) is 8.25. The van der Waals surface area contributed by atoms with E-state index in [-0.39, 0.29) is 19.5 Å². The van der Waals surface area contributed by atoms with Gasteiger partial charge in [-0.1, -0.05) is 0 Å². The molecule has 0 N–H and O–H groups in total. The zero-order valence-electron chi connectivity index (χ0n) is 24.4. The maximum absolute atomic E-state index is 5.00. The number of thiazole rings is 2. The Bertz CT molecular complexity index is 867. The van der Waals surface area contributed by atoms with Gasteiger partial charge in [0.05, 0.1) is 52.4 Å². The van der Waals surface area contributed by atoms with E-state index in [1.807, 2.05) is 23.2 Å². The largest absolute Gasteiger partial charge is 2.00 e. The Balaban J connectivity index is -0.000000413. The summed E-state index contributed by atoms with van der Waals surface area (Å²) in [6.45, 7) is 28.4. The fourth-order valence-corrected chi connectivity index (χ4v) is 9.12. The molecule has 37 heavy (non-hydrogen) atoms. The summed E-state index contributed by atoms with van der Waals surface area (Å²) in [6, 6.07) is 0. The molecule has 212 valence electrons. The number of aromatic nitrogens is 2. The summed E-state index contributed by atoms with van der Waals surface area (Å²) in [6.07, 6.45) is 0. The van der Waals surface area contributed by atoms with Gasteiger partial charge in [-0.2, -0.15) is 0 Å². The van der Waals surface area contributed by atoms with Crippen LogP contribution in [0.25, 0.3) is 0 Å². The molecule has 0 spiro atoms. The summed E-state index contributed by atoms with van der Waals surface area (Å²) in [7, 11) is 3.90. The fourth-order valence-electron chi connectivity index (χ4n) is 3.51. The third kappa shape index (κ3) is 14.9. The molecule has 2 rings (SSSR count). The summed E-state index contributed by atoms with van der Waals surface area (Å²) in [5, 5.41) is 0. The van der Waals surface area contributed by atoms with E-state index in [4.69, 9.17) is 24.4 Å². The van der Waals surface area contributed by atoms with Crippen LogP contribution >= 0.6 is 47.1 Å². The van der Waals surface area contributed by atoms with Gasteiger partial charge in [-0.25, -0.2) is 0 Å². The summed E-state index contributed by atoms with van der Waals surface area (Å²) < 4.78 is 12.7. The van der Waals surface area contributed by atoms with Crippen molar-refractivity contribution in [3.63, 3.8) is 0 Å².